The minimum Gasteiger partial charge on any atom is -0.455 e. The lowest BCUT2D eigenvalue weighted by Crippen LogP contribution is -2.58. The third kappa shape index (κ3) is 6.55. The van der Waals surface area contributed by atoms with Crippen LogP contribution in [0.3, 0.4) is 0 Å². The van der Waals surface area contributed by atoms with E-state index in [2.05, 4.69) is 29.1 Å². The van der Waals surface area contributed by atoms with Crippen LogP contribution in [-0.2, 0) is 28.7 Å². The summed E-state index contributed by atoms with van der Waals surface area (Å²) >= 11 is 3.71. The van der Waals surface area contributed by atoms with Gasteiger partial charge in [0.2, 0.25) is 17.7 Å². The van der Waals surface area contributed by atoms with Crippen molar-refractivity contribution < 1.29 is 33.8 Å². The number of allylic oxidation sites excluding steroid dienone is 1. The Balaban J connectivity index is 1.71. The van der Waals surface area contributed by atoms with E-state index in [4.69, 9.17) is 9.47 Å². The number of rotatable bonds is 16. The van der Waals surface area contributed by atoms with Gasteiger partial charge in [-0.3, -0.25) is 19.2 Å². The second-order valence-electron chi connectivity index (χ2n) is 12.7. The Morgan fingerprint density at radius 2 is 1.91 bits per heavy atom. The van der Waals surface area contributed by atoms with Gasteiger partial charge in [0.1, 0.15) is 17.7 Å². The number of nitrogens with zero attached hydrogens (tertiary/aromatic N) is 3. The van der Waals surface area contributed by atoms with Crippen molar-refractivity contribution in [2.24, 2.45) is 11.8 Å². The molecule has 3 amide bonds. The lowest BCUT2D eigenvalue weighted by molar-refractivity contribution is -0.165. The van der Waals surface area contributed by atoms with Crippen LogP contribution in [0.25, 0.3) is 0 Å². The second kappa shape index (κ2) is 15.3. The Morgan fingerprint density at radius 3 is 2.52 bits per heavy atom. The molecule has 4 rings (SSSR count). The number of carbonyl (C=O) groups is 4. The number of alkyl halides is 1. The number of fused-ring (bicyclic) bond motifs is 1. The number of likely N-dealkylation sites (tertiary alicyclic amines) is 1. The number of hydrogen-bond donors (Lipinski definition) is 1. The zero-order valence-corrected chi connectivity index (χ0v) is 28.9. The van der Waals surface area contributed by atoms with Crippen LogP contribution in [0.2, 0.25) is 0 Å². The number of halogens is 1. The number of carbonyl (C=O) groups excluding carboxylic acids is 4. The zero-order valence-electron chi connectivity index (χ0n) is 27.3. The van der Waals surface area contributed by atoms with Crippen LogP contribution in [0.15, 0.2) is 55.6 Å². The van der Waals surface area contributed by atoms with Gasteiger partial charge in [0.15, 0.2) is 0 Å². The van der Waals surface area contributed by atoms with E-state index in [0.717, 1.165) is 12.8 Å². The molecule has 11 heteroatoms. The minimum absolute atomic E-state index is 0.111. The number of hydrogen-bond acceptors (Lipinski definition) is 7. The van der Waals surface area contributed by atoms with Crippen LogP contribution < -0.4 is 0 Å². The fraction of sp³-hybridized carbons (Fsp3) is 0.600. The summed E-state index contributed by atoms with van der Waals surface area (Å²) in [6, 6.07) is 6.98. The number of ether oxygens (including phenoxy) is 2. The molecule has 46 heavy (non-hydrogen) atoms. The Hall–Kier alpha value is -3.02. The van der Waals surface area contributed by atoms with Gasteiger partial charge < -0.3 is 29.3 Å². The first-order valence-electron chi connectivity index (χ1n) is 16.3. The molecule has 1 N–H and O–H groups in total. The van der Waals surface area contributed by atoms with Gasteiger partial charge in [-0.1, -0.05) is 71.8 Å². The van der Waals surface area contributed by atoms with Crippen LogP contribution in [0.4, 0.5) is 0 Å². The quantitative estimate of drug-likeness (QED) is 0.157. The monoisotopic (exact) mass is 701 g/mol. The SMILES string of the molecule is C=CCCC(=O)N(C)[C@H](C)[C@H](OC(=O)[C@@H]1[C@H]2O[C@@]3(CC2Br)[C@H](C(=O)N(CC=C)CCCC)N([C@H](C)CO)C(=O)[C@@H]13)c1ccccc1. The van der Waals surface area contributed by atoms with E-state index in [0.29, 0.717) is 31.5 Å². The molecule has 10 nitrogen and oxygen atoms in total. The van der Waals surface area contributed by atoms with Crippen molar-refractivity contribution in [2.45, 2.75) is 93.6 Å². The first-order valence-corrected chi connectivity index (χ1v) is 17.2. The van der Waals surface area contributed by atoms with Gasteiger partial charge in [-0.15, -0.1) is 13.2 Å². The maximum Gasteiger partial charge on any atom is 0.313 e. The van der Waals surface area contributed by atoms with Crippen LogP contribution in [0.1, 0.15) is 64.5 Å². The van der Waals surface area contributed by atoms with E-state index in [-0.39, 0.29) is 29.7 Å². The molecule has 1 spiro atoms. The fourth-order valence-electron chi connectivity index (χ4n) is 7.27. The van der Waals surface area contributed by atoms with Gasteiger partial charge >= 0.3 is 5.97 Å². The maximum atomic E-state index is 14.4. The van der Waals surface area contributed by atoms with E-state index in [1.165, 1.54) is 4.90 Å². The standard InChI is InChI=1S/C35H48BrN3O7/c1-7-10-17-26(41)37(6)23(5)29(24-15-13-12-14-16-24)45-34(44)27-28-32(42)39(22(4)21-40)31(35(28)20-25(36)30(27)46-35)33(43)38(18-9-3)19-11-8-2/h7,9,12-16,22-23,25,27-31,40H,1,3,8,10-11,17-21H2,2,4-6H3/t22-,23-,25?,27+,28-,29+,30+,31+,35-/m1/s1. The smallest absolute Gasteiger partial charge is 0.313 e. The third-order valence-corrected chi connectivity index (χ3v) is 10.6. The van der Waals surface area contributed by atoms with Crippen molar-refractivity contribution in [3.63, 3.8) is 0 Å². The summed E-state index contributed by atoms with van der Waals surface area (Å²) in [4.78, 5) is 60.4. The molecule has 9 atom stereocenters. The molecule has 1 unspecified atom stereocenters. The zero-order chi connectivity index (χ0) is 33.8. The van der Waals surface area contributed by atoms with E-state index in [1.807, 2.05) is 44.2 Å². The van der Waals surface area contributed by atoms with Crippen molar-refractivity contribution in [2.75, 3.05) is 26.7 Å². The largest absolute Gasteiger partial charge is 0.455 e. The first kappa shape index (κ1) is 35.8. The number of amides is 3. The molecule has 0 saturated carbocycles. The average molecular weight is 703 g/mol. The first-order chi connectivity index (χ1) is 22.0. The van der Waals surface area contributed by atoms with Gasteiger partial charge in [-0.2, -0.15) is 0 Å². The van der Waals surface area contributed by atoms with Gasteiger partial charge in [-0.25, -0.2) is 0 Å². The highest BCUT2D eigenvalue weighted by atomic mass is 79.9. The molecule has 1 aromatic carbocycles. The molecule has 0 aliphatic carbocycles. The summed E-state index contributed by atoms with van der Waals surface area (Å²) in [5.74, 6) is -3.40. The molecule has 0 aromatic heterocycles. The van der Waals surface area contributed by atoms with E-state index in [9.17, 15) is 24.3 Å². The highest BCUT2D eigenvalue weighted by Crippen LogP contribution is 2.61. The van der Waals surface area contributed by atoms with Crippen molar-refractivity contribution in [1.82, 2.24) is 14.7 Å². The summed E-state index contributed by atoms with van der Waals surface area (Å²) in [5.41, 5.74) is -0.574. The molecule has 3 fully saturated rings. The van der Waals surface area contributed by atoms with Crippen molar-refractivity contribution in [3.8, 4) is 0 Å². The lowest BCUT2D eigenvalue weighted by Gasteiger charge is -2.38. The molecule has 1 aromatic rings. The van der Waals surface area contributed by atoms with Crippen LogP contribution >= 0.6 is 15.9 Å². The number of likely N-dealkylation sites (N-methyl/N-ethyl adjacent to an activating group) is 1. The molecule has 3 aliphatic rings. The number of aliphatic hydroxyl groups is 1. The second-order valence-corrected chi connectivity index (χ2v) is 13.9. The van der Waals surface area contributed by atoms with Gasteiger partial charge in [0.25, 0.3) is 0 Å². The molecule has 252 valence electrons. The topological polar surface area (TPSA) is 117 Å². The number of aliphatic hydroxyl groups excluding tert-OH is 1. The van der Waals surface area contributed by atoms with E-state index >= 15 is 0 Å². The Kier molecular flexibility index (Phi) is 11.9. The highest BCUT2D eigenvalue weighted by Gasteiger charge is 2.77. The molecular weight excluding hydrogens is 654 g/mol. The summed E-state index contributed by atoms with van der Waals surface area (Å²) in [5, 5.41) is 10.2. The van der Waals surface area contributed by atoms with Crippen molar-refractivity contribution >= 4 is 39.6 Å². The molecule has 0 radical (unpaired) electrons. The Morgan fingerprint density at radius 1 is 1.22 bits per heavy atom. The summed E-state index contributed by atoms with van der Waals surface area (Å²) < 4.78 is 12.9. The molecule has 3 saturated heterocycles. The Bertz CT molecular complexity index is 1290. The normalized spacial score (nSPS) is 28.3. The van der Waals surface area contributed by atoms with Crippen LogP contribution in [-0.4, -0.2) is 105 Å². The summed E-state index contributed by atoms with van der Waals surface area (Å²) in [6.45, 7) is 13.5. The van der Waals surface area contributed by atoms with E-state index in [1.54, 1.807) is 35.9 Å². The Labute approximate surface area is 280 Å². The van der Waals surface area contributed by atoms with Crippen LogP contribution in [0, 0.1) is 11.8 Å². The predicted molar refractivity (Wildman–Crippen MR) is 178 cm³/mol. The van der Waals surface area contributed by atoms with Gasteiger partial charge in [0.05, 0.1) is 36.6 Å². The average Bonchev–Trinajstić information content (AvgIpc) is 3.66. The maximum absolute atomic E-state index is 14.4. The predicted octanol–water partition coefficient (Wildman–Crippen LogP) is 4.03. The van der Waals surface area contributed by atoms with Crippen molar-refractivity contribution in [1.29, 1.82) is 0 Å². The minimum atomic E-state index is -1.28. The van der Waals surface area contributed by atoms with Crippen LogP contribution in [0.5, 0.6) is 0 Å². The number of unbranched alkanes of at least 4 members (excludes halogenated alkanes) is 1. The number of esters is 1. The highest BCUT2D eigenvalue weighted by molar-refractivity contribution is 9.09. The van der Waals surface area contributed by atoms with Gasteiger partial charge in [-0.05, 0) is 38.7 Å². The molecule has 2 bridgehead atoms. The van der Waals surface area contributed by atoms with Gasteiger partial charge in [0, 0.05) is 31.4 Å². The lowest BCUT2D eigenvalue weighted by atomic mass is 9.70. The summed E-state index contributed by atoms with van der Waals surface area (Å²) in [7, 11) is 1.68. The number of benzene rings is 1. The molecule has 3 heterocycles. The fourth-order valence-corrected chi connectivity index (χ4v) is 8.21. The third-order valence-electron chi connectivity index (χ3n) is 9.79. The van der Waals surface area contributed by atoms with E-state index < -0.39 is 59.6 Å². The molecular formula is C35H48BrN3O7. The molecule has 3 aliphatic heterocycles. The van der Waals surface area contributed by atoms with Crippen molar-refractivity contribution in [3.05, 3.63) is 61.2 Å². The summed E-state index contributed by atoms with van der Waals surface area (Å²) in [6.07, 6.45) is 4.61.